The smallest absolute Gasteiger partial charge is 0.420 e. The number of alkyl halides is 3. The van der Waals surface area contributed by atoms with Gasteiger partial charge in [0, 0.05) is 11.8 Å². The summed E-state index contributed by atoms with van der Waals surface area (Å²) < 4.78 is 44.1. The molecule has 0 aliphatic carbocycles. The largest absolute Gasteiger partial charge is 0.438 e. The lowest BCUT2D eigenvalue weighted by Crippen LogP contribution is -2.08. The number of halogens is 3. The van der Waals surface area contributed by atoms with Crippen LogP contribution in [0.4, 0.5) is 19.1 Å². The molecule has 2 N–H and O–H groups in total. The van der Waals surface area contributed by atoms with Gasteiger partial charge in [-0.05, 0) is 25.1 Å². The van der Waals surface area contributed by atoms with Gasteiger partial charge < -0.3 is 10.5 Å². The molecule has 2 aromatic rings. The number of nitrogens with zero attached hydrogens (tertiary/aromatic N) is 3. The van der Waals surface area contributed by atoms with Gasteiger partial charge in [-0.2, -0.15) is 23.4 Å². The Bertz CT molecular complexity index is 702. The summed E-state index contributed by atoms with van der Waals surface area (Å²) in [6.07, 6.45) is -4.66. The van der Waals surface area contributed by atoms with Crippen LogP contribution in [-0.4, -0.2) is 9.97 Å². The van der Waals surface area contributed by atoms with E-state index in [1.165, 1.54) is 12.1 Å². The molecule has 0 aliphatic heterocycles. The number of aryl methyl sites for hydroxylation is 1. The van der Waals surface area contributed by atoms with Crippen molar-refractivity contribution in [2.45, 2.75) is 13.1 Å². The molecule has 1 heterocycles. The first-order valence-corrected chi connectivity index (χ1v) is 5.70. The number of aromatic nitrogens is 2. The first kappa shape index (κ1) is 14.6. The Labute approximate surface area is 117 Å². The van der Waals surface area contributed by atoms with Crippen LogP contribution in [0.15, 0.2) is 24.3 Å². The summed E-state index contributed by atoms with van der Waals surface area (Å²) in [6.45, 7) is 1.61. The van der Waals surface area contributed by atoms with Crippen molar-refractivity contribution >= 4 is 5.95 Å². The Kier molecular flexibility index (Phi) is 3.67. The van der Waals surface area contributed by atoms with E-state index in [2.05, 4.69) is 9.97 Å². The zero-order chi connectivity index (χ0) is 15.6. The fraction of sp³-hybridized carbons (Fsp3) is 0.154. The minimum atomic E-state index is -4.66. The Morgan fingerprint density at radius 3 is 2.52 bits per heavy atom. The molecule has 0 saturated heterocycles. The number of ether oxygens (including phenoxy) is 1. The quantitative estimate of drug-likeness (QED) is 0.920. The summed E-state index contributed by atoms with van der Waals surface area (Å²) in [7, 11) is 0. The van der Waals surface area contributed by atoms with Crippen LogP contribution in [0.25, 0.3) is 0 Å². The summed E-state index contributed by atoms with van der Waals surface area (Å²) in [5.74, 6) is -0.665. The SMILES string of the molecule is Cc1cc(Oc2ccc(C#N)cc2C(F)(F)F)nc(N)n1. The fourth-order valence-electron chi connectivity index (χ4n) is 1.64. The maximum atomic E-state index is 13.0. The van der Waals surface area contributed by atoms with Gasteiger partial charge in [0.05, 0.1) is 17.2 Å². The van der Waals surface area contributed by atoms with Crippen molar-refractivity contribution in [1.29, 1.82) is 5.26 Å². The molecule has 0 unspecified atom stereocenters. The topological polar surface area (TPSA) is 84.8 Å². The molecular weight excluding hydrogens is 285 g/mol. The van der Waals surface area contributed by atoms with Crippen LogP contribution < -0.4 is 10.5 Å². The highest BCUT2D eigenvalue weighted by atomic mass is 19.4. The minimum Gasteiger partial charge on any atom is -0.438 e. The van der Waals surface area contributed by atoms with Gasteiger partial charge >= 0.3 is 6.18 Å². The van der Waals surface area contributed by atoms with Crippen molar-refractivity contribution in [2.75, 3.05) is 5.73 Å². The number of nitrogens with two attached hydrogens (primary N) is 1. The lowest BCUT2D eigenvalue weighted by Gasteiger charge is -2.13. The molecule has 0 spiro atoms. The van der Waals surface area contributed by atoms with Crippen molar-refractivity contribution in [2.24, 2.45) is 0 Å². The highest BCUT2D eigenvalue weighted by molar-refractivity contribution is 5.45. The number of hydrogen-bond donors (Lipinski definition) is 1. The van der Waals surface area contributed by atoms with Crippen molar-refractivity contribution in [3.8, 4) is 17.7 Å². The van der Waals surface area contributed by atoms with Gasteiger partial charge in [0.25, 0.3) is 0 Å². The highest BCUT2D eigenvalue weighted by Gasteiger charge is 2.35. The molecule has 0 fully saturated rings. The molecule has 5 nitrogen and oxygen atoms in total. The van der Waals surface area contributed by atoms with Crippen molar-refractivity contribution < 1.29 is 17.9 Å². The van der Waals surface area contributed by atoms with E-state index in [-0.39, 0.29) is 17.4 Å². The molecule has 8 heteroatoms. The second kappa shape index (κ2) is 5.28. The summed E-state index contributed by atoms with van der Waals surface area (Å²) in [5.41, 5.74) is 4.70. The van der Waals surface area contributed by atoms with Gasteiger partial charge in [-0.25, -0.2) is 4.98 Å². The first-order chi connectivity index (χ1) is 9.79. The maximum absolute atomic E-state index is 13.0. The minimum absolute atomic E-state index is 0.102. The van der Waals surface area contributed by atoms with Gasteiger partial charge in [-0.1, -0.05) is 0 Å². The van der Waals surface area contributed by atoms with E-state index in [1.54, 1.807) is 13.0 Å². The van der Waals surface area contributed by atoms with E-state index in [0.717, 1.165) is 6.07 Å². The molecule has 0 aliphatic rings. The second-order valence-electron chi connectivity index (χ2n) is 4.13. The van der Waals surface area contributed by atoms with E-state index in [4.69, 9.17) is 15.7 Å². The van der Waals surface area contributed by atoms with E-state index in [9.17, 15) is 13.2 Å². The number of rotatable bonds is 2. The Balaban J connectivity index is 2.46. The van der Waals surface area contributed by atoms with Crippen LogP contribution in [0.5, 0.6) is 11.6 Å². The average Bonchev–Trinajstić information content (AvgIpc) is 2.36. The molecule has 2 rings (SSSR count). The second-order valence-corrected chi connectivity index (χ2v) is 4.13. The van der Waals surface area contributed by atoms with Gasteiger partial charge in [-0.3, -0.25) is 0 Å². The van der Waals surface area contributed by atoms with Crippen LogP contribution in [0.1, 0.15) is 16.8 Å². The molecule has 108 valence electrons. The zero-order valence-corrected chi connectivity index (χ0v) is 10.8. The summed E-state index contributed by atoms with van der Waals surface area (Å²) >= 11 is 0. The molecule has 0 saturated carbocycles. The Morgan fingerprint density at radius 2 is 1.95 bits per heavy atom. The average molecular weight is 294 g/mol. The number of nitrogen functional groups attached to an aromatic ring is 1. The van der Waals surface area contributed by atoms with E-state index >= 15 is 0 Å². The van der Waals surface area contributed by atoms with Crippen molar-refractivity contribution in [1.82, 2.24) is 9.97 Å². The van der Waals surface area contributed by atoms with Gasteiger partial charge in [0.15, 0.2) is 0 Å². The standard InChI is InChI=1S/C13H9F3N4O/c1-7-4-11(20-12(18)19-7)21-10-3-2-8(6-17)5-9(10)13(14,15)16/h2-5H,1H3,(H2,18,19,20). The van der Waals surface area contributed by atoms with Crippen LogP contribution in [-0.2, 0) is 6.18 Å². The third-order valence-corrected chi connectivity index (χ3v) is 2.48. The molecule has 1 aromatic carbocycles. The van der Waals surface area contributed by atoms with Crippen LogP contribution in [0, 0.1) is 18.3 Å². The fourth-order valence-corrected chi connectivity index (χ4v) is 1.64. The van der Waals surface area contributed by atoms with Crippen LogP contribution in [0.2, 0.25) is 0 Å². The highest BCUT2D eigenvalue weighted by Crippen LogP contribution is 2.38. The molecular formula is C13H9F3N4O. The van der Waals surface area contributed by atoms with Gasteiger partial charge in [0.2, 0.25) is 11.8 Å². The molecule has 21 heavy (non-hydrogen) atoms. The number of benzene rings is 1. The van der Waals surface area contributed by atoms with E-state index < -0.39 is 17.5 Å². The molecule has 0 radical (unpaired) electrons. The number of anilines is 1. The van der Waals surface area contributed by atoms with Crippen molar-refractivity contribution in [3.05, 3.63) is 41.1 Å². The van der Waals surface area contributed by atoms with Gasteiger partial charge in [0.1, 0.15) is 5.75 Å². The molecule has 0 atom stereocenters. The van der Waals surface area contributed by atoms with Gasteiger partial charge in [-0.15, -0.1) is 0 Å². The predicted octanol–water partition coefficient (Wildman–Crippen LogP) is 3.05. The summed E-state index contributed by atoms with van der Waals surface area (Å²) in [4.78, 5) is 7.50. The number of hydrogen-bond acceptors (Lipinski definition) is 5. The first-order valence-electron chi connectivity index (χ1n) is 5.70. The molecule has 0 amide bonds. The third-order valence-electron chi connectivity index (χ3n) is 2.48. The Morgan fingerprint density at radius 1 is 1.24 bits per heavy atom. The molecule has 0 bridgehead atoms. The summed E-state index contributed by atoms with van der Waals surface area (Å²) in [5, 5.41) is 8.69. The lowest BCUT2D eigenvalue weighted by atomic mass is 10.1. The Hall–Kier alpha value is -2.82. The van der Waals surface area contributed by atoms with Crippen molar-refractivity contribution in [3.63, 3.8) is 0 Å². The van der Waals surface area contributed by atoms with Crippen LogP contribution >= 0.6 is 0 Å². The molecule has 1 aromatic heterocycles. The van der Waals surface area contributed by atoms with E-state index in [1.807, 2.05) is 0 Å². The normalized spacial score (nSPS) is 11.0. The maximum Gasteiger partial charge on any atom is 0.420 e. The predicted molar refractivity (Wildman–Crippen MR) is 67.4 cm³/mol. The summed E-state index contributed by atoms with van der Waals surface area (Å²) in [6, 6.07) is 6.01. The monoisotopic (exact) mass is 294 g/mol. The zero-order valence-electron chi connectivity index (χ0n) is 10.8. The lowest BCUT2D eigenvalue weighted by molar-refractivity contribution is -0.138. The van der Waals surface area contributed by atoms with E-state index in [0.29, 0.717) is 11.8 Å². The van der Waals surface area contributed by atoms with Crippen LogP contribution in [0.3, 0.4) is 0 Å². The third kappa shape index (κ3) is 3.39. The number of nitriles is 1.